The van der Waals surface area contributed by atoms with Gasteiger partial charge in [0.1, 0.15) is 12.3 Å². The first kappa shape index (κ1) is 24.0. The Hall–Kier alpha value is -3.63. The molecule has 0 aliphatic carbocycles. The molecule has 0 unspecified atom stereocenters. The molecule has 0 atom stereocenters. The molecule has 0 aliphatic rings. The number of aromatic nitrogens is 8. The fraction of sp³-hybridized carbons (Fsp3) is 0.438. The van der Waals surface area contributed by atoms with Gasteiger partial charge in [0.2, 0.25) is 11.8 Å². The maximum absolute atomic E-state index is 13.1. The molecule has 0 aliphatic heterocycles. The number of rotatable bonds is 7. The molecule has 1 amide bonds. The summed E-state index contributed by atoms with van der Waals surface area (Å²) in [5.41, 5.74) is -1.98. The lowest BCUT2D eigenvalue weighted by Crippen LogP contribution is -2.20. The number of carbonyl (C=O) groups excluding carboxylic acids is 1. The zero-order chi connectivity index (χ0) is 24.4. The van der Waals surface area contributed by atoms with Gasteiger partial charge >= 0.3 is 12.4 Å². The Morgan fingerprint density at radius 2 is 1.82 bits per heavy atom. The Balaban J connectivity index is 1.81. The predicted molar refractivity (Wildman–Crippen MR) is 95.2 cm³/mol. The number of amides is 1. The summed E-state index contributed by atoms with van der Waals surface area (Å²) in [6.07, 6.45) is -9.55. The third-order valence-corrected chi connectivity index (χ3v) is 4.10. The molecular formula is C16H15F6N9O2. The number of ether oxygens (including phenoxy) is 1. The Kier molecular flexibility index (Phi) is 6.61. The second-order valence-electron chi connectivity index (χ2n) is 6.43. The van der Waals surface area contributed by atoms with Crippen molar-refractivity contribution in [3.63, 3.8) is 0 Å². The number of halogens is 6. The quantitative estimate of drug-likeness (QED) is 0.512. The van der Waals surface area contributed by atoms with E-state index in [1.165, 1.54) is 4.68 Å². The van der Waals surface area contributed by atoms with Crippen LogP contribution in [0.5, 0.6) is 0 Å². The van der Waals surface area contributed by atoms with E-state index in [4.69, 9.17) is 4.74 Å². The van der Waals surface area contributed by atoms with Gasteiger partial charge in [0.15, 0.2) is 5.82 Å². The van der Waals surface area contributed by atoms with E-state index >= 15 is 0 Å². The van der Waals surface area contributed by atoms with Gasteiger partial charge in [-0.25, -0.2) is 19.3 Å². The van der Waals surface area contributed by atoms with Crippen LogP contribution in [0.25, 0.3) is 0 Å². The van der Waals surface area contributed by atoms with E-state index in [1.807, 2.05) is 0 Å². The van der Waals surface area contributed by atoms with Crippen molar-refractivity contribution in [1.82, 2.24) is 40.0 Å². The van der Waals surface area contributed by atoms with Crippen LogP contribution >= 0.6 is 0 Å². The number of hydrogen-bond donors (Lipinski definition) is 1. The van der Waals surface area contributed by atoms with E-state index in [0.717, 1.165) is 13.1 Å². The van der Waals surface area contributed by atoms with Crippen molar-refractivity contribution in [2.75, 3.05) is 5.32 Å². The molecule has 0 saturated carbocycles. The van der Waals surface area contributed by atoms with Crippen LogP contribution in [-0.4, -0.2) is 45.9 Å². The van der Waals surface area contributed by atoms with Crippen molar-refractivity contribution < 1.29 is 35.9 Å². The van der Waals surface area contributed by atoms with Crippen LogP contribution in [0.3, 0.4) is 0 Å². The molecule has 0 saturated heterocycles. The van der Waals surface area contributed by atoms with E-state index in [2.05, 4.69) is 35.9 Å². The number of carbonyl (C=O) groups is 1. The summed E-state index contributed by atoms with van der Waals surface area (Å²) in [6, 6.07) is 1.50. The number of pyridine rings is 1. The standard InChI is InChI=1S/C16H15F6N9O2/c1-3-31-14(26-28-29-31)25-12(32)8-4-5-10(15(17,18)19)23-9(8)6-33-7-11-24-13(16(20,21)22)30(2)27-11/h4-5H,3,6-7H2,1-2H3,(H,25,26,29,32). The molecule has 1 N–H and O–H groups in total. The summed E-state index contributed by atoms with van der Waals surface area (Å²) in [7, 11) is 1.03. The predicted octanol–water partition coefficient (Wildman–Crippen LogP) is 2.22. The van der Waals surface area contributed by atoms with Crippen LogP contribution in [0.1, 0.15) is 40.3 Å². The van der Waals surface area contributed by atoms with Gasteiger partial charge in [-0.15, -0.1) is 0 Å². The fourth-order valence-corrected chi connectivity index (χ4v) is 2.64. The van der Waals surface area contributed by atoms with Gasteiger partial charge < -0.3 is 4.74 Å². The van der Waals surface area contributed by atoms with Gasteiger partial charge in [-0.3, -0.25) is 10.1 Å². The van der Waals surface area contributed by atoms with E-state index in [0.29, 0.717) is 17.3 Å². The highest BCUT2D eigenvalue weighted by Gasteiger charge is 2.37. The van der Waals surface area contributed by atoms with Crippen LogP contribution in [0.2, 0.25) is 0 Å². The number of anilines is 1. The molecule has 0 bridgehead atoms. The molecular weight excluding hydrogens is 464 g/mol. The van der Waals surface area contributed by atoms with Gasteiger partial charge in [0.25, 0.3) is 5.91 Å². The number of hydrogen-bond acceptors (Lipinski definition) is 8. The van der Waals surface area contributed by atoms with Crippen LogP contribution in [0.15, 0.2) is 12.1 Å². The van der Waals surface area contributed by atoms with Crippen molar-refractivity contribution in [2.24, 2.45) is 7.05 Å². The summed E-state index contributed by atoms with van der Waals surface area (Å²) >= 11 is 0. The van der Waals surface area contributed by atoms with E-state index in [9.17, 15) is 31.1 Å². The van der Waals surface area contributed by atoms with Crippen molar-refractivity contribution >= 4 is 11.9 Å². The first-order valence-corrected chi connectivity index (χ1v) is 9.09. The number of nitrogens with one attached hydrogen (secondary N) is 1. The van der Waals surface area contributed by atoms with Gasteiger partial charge in [0, 0.05) is 13.6 Å². The molecule has 17 heteroatoms. The first-order chi connectivity index (χ1) is 15.4. The van der Waals surface area contributed by atoms with Crippen molar-refractivity contribution in [3.8, 4) is 0 Å². The molecule has 3 heterocycles. The normalized spacial score (nSPS) is 12.2. The van der Waals surface area contributed by atoms with Gasteiger partial charge in [0.05, 0.1) is 17.9 Å². The van der Waals surface area contributed by atoms with Crippen LogP contribution < -0.4 is 5.32 Å². The lowest BCUT2D eigenvalue weighted by atomic mass is 10.1. The van der Waals surface area contributed by atoms with E-state index in [1.54, 1.807) is 6.92 Å². The highest BCUT2D eigenvalue weighted by molar-refractivity contribution is 6.04. The van der Waals surface area contributed by atoms with Gasteiger partial charge in [-0.1, -0.05) is 5.10 Å². The van der Waals surface area contributed by atoms with Crippen LogP contribution in [-0.2, 0) is 43.9 Å². The molecule has 33 heavy (non-hydrogen) atoms. The zero-order valence-corrected chi connectivity index (χ0v) is 16.9. The van der Waals surface area contributed by atoms with Crippen molar-refractivity contribution in [1.29, 1.82) is 0 Å². The lowest BCUT2D eigenvalue weighted by Gasteiger charge is -2.12. The molecule has 0 aromatic carbocycles. The fourth-order valence-electron chi connectivity index (χ4n) is 2.64. The van der Waals surface area contributed by atoms with Crippen LogP contribution in [0.4, 0.5) is 32.3 Å². The minimum atomic E-state index is -4.81. The maximum atomic E-state index is 13.1. The smallest absolute Gasteiger partial charge is 0.367 e. The van der Waals surface area contributed by atoms with Crippen molar-refractivity contribution in [3.05, 3.63) is 40.7 Å². The Morgan fingerprint density at radius 3 is 2.42 bits per heavy atom. The number of nitrogens with zero attached hydrogens (tertiary/aromatic N) is 8. The number of aryl methyl sites for hydroxylation is 2. The minimum absolute atomic E-state index is 0.0494. The topological polar surface area (TPSA) is 126 Å². The second kappa shape index (κ2) is 9.08. The molecule has 3 rings (SSSR count). The molecule has 3 aromatic rings. The van der Waals surface area contributed by atoms with Crippen LogP contribution in [0, 0.1) is 0 Å². The monoisotopic (exact) mass is 479 g/mol. The van der Waals surface area contributed by atoms with E-state index in [-0.39, 0.29) is 17.3 Å². The third-order valence-electron chi connectivity index (χ3n) is 4.10. The number of alkyl halides is 6. The lowest BCUT2D eigenvalue weighted by molar-refractivity contribution is -0.147. The summed E-state index contributed by atoms with van der Waals surface area (Å²) in [4.78, 5) is 19.3. The molecule has 3 aromatic heterocycles. The Labute approximate surface area is 180 Å². The Morgan fingerprint density at radius 1 is 1.09 bits per heavy atom. The molecule has 0 radical (unpaired) electrons. The SMILES string of the molecule is CCn1nnnc1NC(=O)c1ccc(C(F)(F)F)nc1COCc1nc(C(F)(F)F)n(C)n1. The van der Waals surface area contributed by atoms with E-state index < -0.39 is 48.7 Å². The summed E-state index contributed by atoms with van der Waals surface area (Å²) < 4.78 is 84.6. The maximum Gasteiger partial charge on any atom is 0.451 e. The summed E-state index contributed by atoms with van der Waals surface area (Å²) in [6.45, 7) is 0.781. The number of tetrazole rings is 1. The van der Waals surface area contributed by atoms with Gasteiger partial charge in [-0.2, -0.15) is 31.4 Å². The second-order valence-corrected chi connectivity index (χ2v) is 6.43. The highest BCUT2D eigenvalue weighted by Crippen LogP contribution is 2.29. The molecule has 11 nitrogen and oxygen atoms in total. The van der Waals surface area contributed by atoms with Gasteiger partial charge in [-0.05, 0) is 29.5 Å². The molecule has 0 spiro atoms. The summed E-state index contributed by atoms with van der Waals surface area (Å²) in [5, 5.41) is 16.5. The molecule has 178 valence electrons. The Bertz CT molecular complexity index is 1140. The minimum Gasteiger partial charge on any atom is -0.367 e. The third kappa shape index (κ3) is 5.60. The average molecular weight is 479 g/mol. The van der Waals surface area contributed by atoms with Crippen molar-refractivity contribution in [2.45, 2.75) is 39.0 Å². The largest absolute Gasteiger partial charge is 0.451 e. The summed E-state index contributed by atoms with van der Waals surface area (Å²) in [5.74, 6) is -2.54. The molecule has 0 fully saturated rings. The zero-order valence-electron chi connectivity index (χ0n) is 16.9. The first-order valence-electron chi connectivity index (χ1n) is 9.09. The highest BCUT2D eigenvalue weighted by atomic mass is 19.4. The average Bonchev–Trinajstić information content (AvgIpc) is 3.32.